The summed E-state index contributed by atoms with van der Waals surface area (Å²) in [4.78, 5) is 20.2. The molecular formula is C24H24ClFN8O. The van der Waals surface area contributed by atoms with Crippen molar-refractivity contribution in [2.75, 3.05) is 36.2 Å². The van der Waals surface area contributed by atoms with Crippen LogP contribution in [0.2, 0.25) is 5.15 Å². The van der Waals surface area contributed by atoms with Gasteiger partial charge in [0.1, 0.15) is 28.9 Å². The number of hydrogen-bond donors (Lipinski definition) is 2. The van der Waals surface area contributed by atoms with E-state index >= 15 is 0 Å². The van der Waals surface area contributed by atoms with Crippen LogP contribution in [0.4, 0.5) is 33.3 Å². The van der Waals surface area contributed by atoms with Gasteiger partial charge in [-0.2, -0.15) is 9.97 Å². The molecule has 0 bridgehead atoms. The molecule has 1 aromatic carbocycles. The number of pyridine rings is 1. The highest BCUT2D eigenvalue weighted by atomic mass is 35.5. The van der Waals surface area contributed by atoms with Gasteiger partial charge < -0.3 is 20.3 Å². The number of ether oxygens (including phenoxy) is 1. The molecular weight excluding hydrogens is 471 g/mol. The van der Waals surface area contributed by atoms with Crippen LogP contribution < -0.4 is 20.3 Å². The Hall–Kier alpha value is -3.92. The highest BCUT2D eigenvalue weighted by Gasteiger charge is 2.40. The van der Waals surface area contributed by atoms with E-state index < -0.39 is 0 Å². The summed E-state index contributed by atoms with van der Waals surface area (Å²) in [6, 6.07) is 8.21. The van der Waals surface area contributed by atoms with Gasteiger partial charge in [-0.3, -0.25) is 4.57 Å². The minimum atomic E-state index is -0.281. The van der Waals surface area contributed by atoms with E-state index in [9.17, 15) is 4.39 Å². The zero-order valence-electron chi connectivity index (χ0n) is 19.7. The third-order valence-corrected chi connectivity index (χ3v) is 6.05. The first-order valence-corrected chi connectivity index (χ1v) is 11.3. The average molecular weight is 495 g/mol. The van der Waals surface area contributed by atoms with Crippen LogP contribution in [0, 0.1) is 5.82 Å². The van der Waals surface area contributed by atoms with E-state index in [0.717, 1.165) is 22.9 Å². The molecule has 0 amide bonds. The van der Waals surface area contributed by atoms with E-state index in [2.05, 4.69) is 39.3 Å². The third-order valence-electron chi connectivity index (χ3n) is 5.86. The first kappa shape index (κ1) is 22.9. The van der Waals surface area contributed by atoms with Gasteiger partial charge in [-0.15, -0.1) is 0 Å². The van der Waals surface area contributed by atoms with Crippen molar-refractivity contribution in [3.8, 4) is 11.6 Å². The fourth-order valence-corrected chi connectivity index (χ4v) is 4.43. The monoisotopic (exact) mass is 494 g/mol. The van der Waals surface area contributed by atoms with E-state index in [1.165, 1.54) is 12.1 Å². The van der Waals surface area contributed by atoms with Crippen LogP contribution in [0.25, 0.3) is 5.82 Å². The third kappa shape index (κ3) is 4.21. The van der Waals surface area contributed by atoms with E-state index in [1.807, 2.05) is 7.05 Å². The maximum atomic E-state index is 13.6. The standard InChI is InChI=1S/C24H24ClFN8O/c1-24(2)12-34(16-7-5-14(26)6-8-16)22-19(24)20(27-3)31-23(32-22)30-15-9-17(35-4)21(28-10-15)33-11-18(25)29-13-33/h5-11,13H,12H2,1-4H3,(H2,27,30,31,32). The number of imidazole rings is 1. The van der Waals surface area contributed by atoms with E-state index in [-0.39, 0.29) is 11.2 Å². The van der Waals surface area contributed by atoms with Crippen molar-refractivity contribution >= 4 is 40.6 Å². The number of nitrogens with zero attached hydrogens (tertiary/aromatic N) is 6. The maximum absolute atomic E-state index is 13.6. The number of fused-ring (bicyclic) bond motifs is 1. The molecule has 4 heterocycles. The number of rotatable bonds is 6. The number of halogens is 2. The number of hydrogen-bond acceptors (Lipinski definition) is 8. The predicted molar refractivity (Wildman–Crippen MR) is 134 cm³/mol. The Bertz CT molecular complexity index is 1390. The van der Waals surface area contributed by atoms with E-state index in [1.54, 1.807) is 48.6 Å². The molecule has 0 fully saturated rings. The van der Waals surface area contributed by atoms with E-state index in [0.29, 0.717) is 34.9 Å². The molecule has 0 radical (unpaired) electrons. The summed E-state index contributed by atoms with van der Waals surface area (Å²) in [5.74, 6) is 2.65. The Balaban J connectivity index is 1.53. The molecule has 0 atom stereocenters. The number of nitrogens with one attached hydrogen (secondary N) is 2. The number of aromatic nitrogens is 5. The Morgan fingerprint density at radius 2 is 1.89 bits per heavy atom. The van der Waals surface area contributed by atoms with Crippen molar-refractivity contribution in [3.63, 3.8) is 0 Å². The first-order chi connectivity index (χ1) is 16.8. The molecule has 2 N–H and O–H groups in total. The summed E-state index contributed by atoms with van der Waals surface area (Å²) < 4.78 is 20.8. The maximum Gasteiger partial charge on any atom is 0.231 e. The molecule has 0 spiro atoms. The second kappa shape index (κ2) is 8.70. The number of methoxy groups -OCH3 is 1. The summed E-state index contributed by atoms with van der Waals surface area (Å²) in [5.41, 5.74) is 2.28. The van der Waals surface area contributed by atoms with Crippen LogP contribution in [0.1, 0.15) is 19.4 Å². The van der Waals surface area contributed by atoms with Gasteiger partial charge in [0, 0.05) is 42.5 Å². The molecule has 35 heavy (non-hydrogen) atoms. The molecule has 0 saturated carbocycles. The first-order valence-electron chi connectivity index (χ1n) is 10.9. The summed E-state index contributed by atoms with van der Waals surface area (Å²) >= 11 is 5.95. The predicted octanol–water partition coefficient (Wildman–Crippen LogP) is 5.07. The lowest BCUT2D eigenvalue weighted by molar-refractivity contribution is 0.411. The van der Waals surface area contributed by atoms with E-state index in [4.69, 9.17) is 26.3 Å². The Morgan fingerprint density at radius 1 is 1.11 bits per heavy atom. The fraction of sp³-hybridized carbons (Fsp3) is 0.250. The lowest BCUT2D eigenvalue weighted by Gasteiger charge is -2.21. The molecule has 180 valence electrons. The van der Waals surface area contributed by atoms with Crippen LogP contribution in [-0.4, -0.2) is 45.2 Å². The van der Waals surface area contributed by atoms with Crippen molar-refractivity contribution in [1.29, 1.82) is 0 Å². The molecule has 3 aromatic heterocycles. The van der Waals surface area contributed by atoms with Gasteiger partial charge in [-0.1, -0.05) is 25.4 Å². The normalized spacial score (nSPS) is 14.1. The summed E-state index contributed by atoms with van der Waals surface area (Å²) in [6.45, 7) is 4.96. The van der Waals surface area contributed by atoms with Crippen molar-refractivity contribution in [3.05, 3.63) is 65.6 Å². The topological polar surface area (TPSA) is 93.0 Å². The number of anilines is 5. The van der Waals surface area contributed by atoms with Gasteiger partial charge >= 0.3 is 0 Å². The highest BCUT2D eigenvalue weighted by Crippen LogP contribution is 2.46. The quantitative estimate of drug-likeness (QED) is 0.383. The average Bonchev–Trinajstić information content (AvgIpc) is 3.39. The van der Waals surface area contributed by atoms with Gasteiger partial charge in [0.25, 0.3) is 0 Å². The van der Waals surface area contributed by atoms with Crippen molar-refractivity contribution < 1.29 is 9.13 Å². The van der Waals surface area contributed by atoms with Gasteiger partial charge in [-0.25, -0.2) is 14.4 Å². The lowest BCUT2D eigenvalue weighted by Crippen LogP contribution is -2.25. The Morgan fingerprint density at radius 3 is 2.54 bits per heavy atom. The summed E-state index contributed by atoms with van der Waals surface area (Å²) in [7, 11) is 3.40. The van der Waals surface area contributed by atoms with Gasteiger partial charge in [0.05, 0.1) is 19.0 Å². The second-order valence-corrected chi connectivity index (χ2v) is 9.16. The van der Waals surface area contributed by atoms with Crippen LogP contribution >= 0.6 is 11.6 Å². The Kier molecular flexibility index (Phi) is 5.68. The van der Waals surface area contributed by atoms with Gasteiger partial charge in [-0.05, 0) is 24.3 Å². The van der Waals surface area contributed by atoms with Crippen LogP contribution in [0.3, 0.4) is 0 Å². The highest BCUT2D eigenvalue weighted by molar-refractivity contribution is 6.29. The number of benzene rings is 1. The molecule has 0 unspecified atom stereocenters. The van der Waals surface area contributed by atoms with Crippen molar-refractivity contribution in [2.24, 2.45) is 0 Å². The molecule has 1 aliphatic heterocycles. The molecule has 0 saturated heterocycles. The smallest absolute Gasteiger partial charge is 0.231 e. The largest absolute Gasteiger partial charge is 0.493 e. The van der Waals surface area contributed by atoms with Crippen molar-refractivity contribution in [2.45, 2.75) is 19.3 Å². The molecule has 9 nitrogen and oxygen atoms in total. The zero-order chi connectivity index (χ0) is 24.7. The molecule has 1 aliphatic rings. The molecule has 11 heteroatoms. The van der Waals surface area contributed by atoms with Crippen LogP contribution in [0.15, 0.2) is 49.1 Å². The molecule has 0 aliphatic carbocycles. The molecule has 5 rings (SSSR count). The van der Waals surface area contributed by atoms with Gasteiger partial charge in [0.15, 0.2) is 11.6 Å². The fourth-order valence-electron chi connectivity index (χ4n) is 4.28. The summed E-state index contributed by atoms with van der Waals surface area (Å²) in [5, 5.41) is 6.80. The summed E-state index contributed by atoms with van der Waals surface area (Å²) in [6.07, 6.45) is 4.87. The van der Waals surface area contributed by atoms with Gasteiger partial charge in [0.2, 0.25) is 5.95 Å². The van der Waals surface area contributed by atoms with Crippen LogP contribution in [-0.2, 0) is 5.41 Å². The second-order valence-electron chi connectivity index (χ2n) is 8.77. The zero-order valence-corrected chi connectivity index (χ0v) is 20.4. The lowest BCUT2D eigenvalue weighted by atomic mass is 9.88. The van der Waals surface area contributed by atoms with Crippen molar-refractivity contribution in [1.82, 2.24) is 24.5 Å². The minimum absolute atomic E-state index is 0.223. The Labute approximate surface area is 207 Å². The SMILES string of the molecule is CNc1nc(Nc2cnc(-n3cnc(Cl)c3)c(OC)c2)nc2c1C(C)(C)CN2c1ccc(F)cc1. The molecule has 4 aromatic rings. The minimum Gasteiger partial charge on any atom is -0.493 e. The van der Waals surface area contributed by atoms with Crippen LogP contribution in [0.5, 0.6) is 5.75 Å².